The third-order valence-corrected chi connectivity index (χ3v) is 6.19. The number of carbonyl (C=O) groups is 1. The molecular formula is C21H20BN3O4S. The van der Waals surface area contributed by atoms with Crippen LogP contribution in [0.1, 0.15) is 37.8 Å². The van der Waals surface area contributed by atoms with Crippen molar-refractivity contribution >= 4 is 51.9 Å². The van der Waals surface area contributed by atoms with Crippen molar-refractivity contribution < 1.29 is 9.90 Å². The van der Waals surface area contributed by atoms with Gasteiger partial charge in [-0.3, -0.25) is 18.7 Å². The van der Waals surface area contributed by atoms with Crippen molar-refractivity contribution in [3.05, 3.63) is 62.1 Å². The molecule has 9 heteroatoms. The van der Waals surface area contributed by atoms with E-state index in [1.54, 1.807) is 21.3 Å². The Kier molecular flexibility index (Phi) is 5.38. The number of nitrogens with one attached hydrogen (secondary N) is 1. The molecule has 1 atom stereocenters. The molecule has 0 aliphatic rings. The van der Waals surface area contributed by atoms with E-state index in [0.29, 0.717) is 28.4 Å². The summed E-state index contributed by atoms with van der Waals surface area (Å²) < 4.78 is 3.97. The van der Waals surface area contributed by atoms with Gasteiger partial charge in [0.1, 0.15) is 7.85 Å². The third kappa shape index (κ3) is 3.61. The zero-order valence-corrected chi connectivity index (χ0v) is 17.2. The summed E-state index contributed by atoms with van der Waals surface area (Å²) in [5.74, 6) is -0.938. The fourth-order valence-electron chi connectivity index (χ4n) is 4.04. The summed E-state index contributed by atoms with van der Waals surface area (Å²) in [6.07, 6.45) is 1.23. The van der Waals surface area contributed by atoms with Gasteiger partial charge in [-0.1, -0.05) is 48.3 Å². The van der Waals surface area contributed by atoms with Crippen LogP contribution in [-0.4, -0.2) is 33.0 Å². The number of rotatable bonds is 7. The van der Waals surface area contributed by atoms with Crippen molar-refractivity contribution in [3.8, 4) is 0 Å². The van der Waals surface area contributed by atoms with Crippen LogP contribution in [0.25, 0.3) is 21.3 Å². The normalized spacial score (nSPS) is 12.6. The average Bonchev–Trinajstić information content (AvgIpc) is 3.18. The summed E-state index contributed by atoms with van der Waals surface area (Å²) in [7, 11) is 6.01. The number of hydrogen-bond donors (Lipinski definition) is 2. The van der Waals surface area contributed by atoms with Crippen LogP contribution in [-0.2, 0) is 11.3 Å². The number of nitrogens with zero attached hydrogens (tertiary/aromatic N) is 2. The number of aliphatic carboxylic acids is 1. The predicted octanol–water partition coefficient (Wildman–Crippen LogP) is 2.36. The molecule has 2 heterocycles. The molecule has 4 rings (SSSR count). The number of carboxylic acid groups (broad SMARTS) is 1. The first kappa shape index (κ1) is 20.2. The molecule has 2 N–H and O–H groups in total. The lowest BCUT2D eigenvalue weighted by Gasteiger charge is -2.16. The molecule has 2 aromatic carbocycles. The molecule has 0 saturated heterocycles. The lowest BCUT2D eigenvalue weighted by Crippen LogP contribution is -2.29. The van der Waals surface area contributed by atoms with Gasteiger partial charge in [0.15, 0.2) is 0 Å². The predicted molar refractivity (Wildman–Crippen MR) is 119 cm³/mol. The van der Waals surface area contributed by atoms with E-state index in [9.17, 15) is 19.5 Å². The number of fused-ring (bicyclic) bond motifs is 2. The Morgan fingerprint density at radius 2 is 1.97 bits per heavy atom. The minimum Gasteiger partial charge on any atom is -0.481 e. The van der Waals surface area contributed by atoms with Crippen LogP contribution in [0.3, 0.4) is 0 Å². The maximum atomic E-state index is 13.5. The van der Waals surface area contributed by atoms with Gasteiger partial charge in [0.05, 0.1) is 34.2 Å². The summed E-state index contributed by atoms with van der Waals surface area (Å²) in [6.45, 7) is 2.20. The molecule has 2 radical (unpaired) electrons. The Balaban J connectivity index is 1.91. The van der Waals surface area contributed by atoms with Crippen molar-refractivity contribution in [2.45, 2.75) is 38.8 Å². The summed E-state index contributed by atoms with van der Waals surface area (Å²) in [5.41, 5.74) is 3.06. The molecule has 0 amide bonds. The quantitative estimate of drug-likeness (QED) is 0.448. The molecular weight excluding hydrogens is 401 g/mol. The molecule has 0 bridgehead atoms. The summed E-state index contributed by atoms with van der Waals surface area (Å²) in [6, 6.07) is 10.4. The van der Waals surface area contributed by atoms with Gasteiger partial charge < -0.3 is 10.1 Å². The van der Waals surface area contributed by atoms with Gasteiger partial charge in [-0.2, -0.15) is 0 Å². The first-order valence-corrected chi connectivity index (χ1v) is 10.5. The Bertz CT molecular complexity index is 1360. The maximum Gasteiger partial charge on any atom is 0.329 e. The van der Waals surface area contributed by atoms with Crippen LogP contribution in [0.4, 0.5) is 0 Å². The second kappa shape index (κ2) is 7.99. The standard InChI is InChI=1S/C21H20BN3O4S/c1-2-5-14(10-18(26)27)25-17-7-4-3-6-16(17)24(21(25)29)11-12-8-13(22)9-15-19(12)30-20(28)23-15/h3-4,6-9,14H,2,5,10-11H2,1H3,(H,23,28)(H,26,27)/t14-/m0/s1. The highest BCUT2D eigenvalue weighted by Crippen LogP contribution is 2.25. The number of aromatic nitrogens is 3. The molecule has 7 nitrogen and oxygen atoms in total. The molecule has 4 aromatic rings. The summed E-state index contributed by atoms with van der Waals surface area (Å²) in [4.78, 5) is 39.3. The van der Waals surface area contributed by atoms with E-state index in [-0.39, 0.29) is 23.5 Å². The molecule has 0 fully saturated rings. The van der Waals surface area contributed by atoms with E-state index in [1.807, 2.05) is 31.2 Å². The Hall–Kier alpha value is -3.07. The number of imidazole rings is 1. The van der Waals surface area contributed by atoms with Crippen LogP contribution >= 0.6 is 11.3 Å². The highest BCUT2D eigenvalue weighted by Gasteiger charge is 2.22. The molecule has 152 valence electrons. The van der Waals surface area contributed by atoms with Crippen LogP contribution < -0.4 is 16.0 Å². The van der Waals surface area contributed by atoms with E-state index in [1.165, 1.54) is 0 Å². The first-order chi connectivity index (χ1) is 14.4. The highest BCUT2D eigenvalue weighted by atomic mass is 32.1. The van der Waals surface area contributed by atoms with Gasteiger partial charge in [0, 0.05) is 6.04 Å². The number of hydrogen-bond acceptors (Lipinski definition) is 4. The zero-order chi connectivity index (χ0) is 21.4. The molecule has 0 unspecified atom stereocenters. The number of para-hydroxylation sites is 2. The van der Waals surface area contributed by atoms with E-state index in [4.69, 9.17) is 7.85 Å². The van der Waals surface area contributed by atoms with Gasteiger partial charge >= 0.3 is 16.5 Å². The Morgan fingerprint density at radius 1 is 1.23 bits per heavy atom. The van der Waals surface area contributed by atoms with E-state index in [0.717, 1.165) is 28.0 Å². The molecule has 0 spiro atoms. The van der Waals surface area contributed by atoms with Gasteiger partial charge in [-0.15, -0.1) is 0 Å². The number of thiazole rings is 1. The molecule has 2 aromatic heterocycles. The molecule has 0 aliphatic heterocycles. The average molecular weight is 421 g/mol. The maximum absolute atomic E-state index is 13.5. The topological polar surface area (TPSA) is 97.1 Å². The van der Waals surface area contributed by atoms with E-state index < -0.39 is 12.0 Å². The summed E-state index contributed by atoms with van der Waals surface area (Å²) >= 11 is 1.08. The lowest BCUT2D eigenvalue weighted by atomic mass is 9.94. The van der Waals surface area contributed by atoms with Crippen molar-refractivity contribution in [1.29, 1.82) is 0 Å². The number of H-pyrrole nitrogens is 1. The van der Waals surface area contributed by atoms with Gasteiger partial charge in [0.2, 0.25) is 0 Å². The molecule has 0 saturated carbocycles. The van der Waals surface area contributed by atoms with Crippen molar-refractivity contribution in [1.82, 2.24) is 14.1 Å². The van der Waals surface area contributed by atoms with Crippen LogP contribution in [0.5, 0.6) is 0 Å². The van der Waals surface area contributed by atoms with Crippen LogP contribution in [0, 0.1) is 0 Å². The second-order valence-electron chi connectivity index (χ2n) is 7.34. The van der Waals surface area contributed by atoms with Gasteiger partial charge in [0.25, 0.3) is 0 Å². The SMILES string of the molecule is [B]c1cc(Cn2c(=O)n([C@@H](CCC)CC(=O)O)c3ccccc32)c2sc(=O)[nH]c2c1. The van der Waals surface area contributed by atoms with Gasteiger partial charge in [-0.25, -0.2) is 4.79 Å². The van der Waals surface area contributed by atoms with Crippen LogP contribution in [0.2, 0.25) is 0 Å². The van der Waals surface area contributed by atoms with E-state index >= 15 is 0 Å². The smallest absolute Gasteiger partial charge is 0.329 e. The minimum absolute atomic E-state index is 0.121. The lowest BCUT2D eigenvalue weighted by molar-refractivity contribution is -0.137. The molecule has 30 heavy (non-hydrogen) atoms. The van der Waals surface area contributed by atoms with Crippen LogP contribution in [0.15, 0.2) is 46.0 Å². The fourth-order valence-corrected chi connectivity index (χ4v) is 4.86. The zero-order valence-electron chi connectivity index (χ0n) is 16.4. The second-order valence-corrected chi connectivity index (χ2v) is 8.32. The third-order valence-electron chi connectivity index (χ3n) is 5.21. The number of carboxylic acids is 1. The molecule has 0 aliphatic carbocycles. The highest BCUT2D eigenvalue weighted by molar-refractivity contribution is 7.16. The fraction of sp³-hybridized carbons (Fsp3) is 0.286. The number of benzene rings is 2. The van der Waals surface area contributed by atoms with Crippen molar-refractivity contribution in [3.63, 3.8) is 0 Å². The largest absolute Gasteiger partial charge is 0.481 e. The van der Waals surface area contributed by atoms with Crippen molar-refractivity contribution in [2.75, 3.05) is 0 Å². The first-order valence-electron chi connectivity index (χ1n) is 9.71. The van der Waals surface area contributed by atoms with Gasteiger partial charge in [-0.05, 0) is 30.2 Å². The van der Waals surface area contributed by atoms with E-state index in [2.05, 4.69) is 4.98 Å². The number of aromatic amines is 1. The summed E-state index contributed by atoms with van der Waals surface area (Å²) in [5, 5.41) is 9.36. The monoisotopic (exact) mass is 421 g/mol. The Morgan fingerprint density at radius 3 is 2.67 bits per heavy atom. The van der Waals surface area contributed by atoms with Crippen molar-refractivity contribution in [2.24, 2.45) is 0 Å². The minimum atomic E-state index is -0.938. The Labute approximate surface area is 177 Å².